The van der Waals surface area contributed by atoms with Crippen molar-refractivity contribution in [3.05, 3.63) is 24.3 Å². The second-order valence-corrected chi connectivity index (χ2v) is 5.30. The van der Waals surface area contributed by atoms with Crippen LogP contribution in [-0.2, 0) is 19.1 Å². The van der Waals surface area contributed by atoms with E-state index < -0.39 is 12.0 Å². The third-order valence-corrected chi connectivity index (χ3v) is 2.99. The van der Waals surface area contributed by atoms with E-state index in [1.165, 1.54) is 14.0 Å². The third kappa shape index (κ3) is 6.37. The number of ether oxygens (including phenoxy) is 2. The van der Waals surface area contributed by atoms with Crippen molar-refractivity contribution in [2.45, 2.75) is 26.8 Å². The van der Waals surface area contributed by atoms with Crippen LogP contribution in [0.15, 0.2) is 24.3 Å². The van der Waals surface area contributed by atoms with Crippen LogP contribution < -0.4 is 15.4 Å². The van der Waals surface area contributed by atoms with E-state index in [0.717, 1.165) is 0 Å². The number of hydrogen-bond acceptors (Lipinski definition) is 5. The summed E-state index contributed by atoms with van der Waals surface area (Å²) in [6.07, 6.45) is 0. The summed E-state index contributed by atoms with van der Waals surface area (Å²) in [5.74, 6) is -0.717. The average molecular weight is 322 g/mol. The molecule has 1 rings (SSSR count). The first-order chi connectivity index (χ1) is 10.8. The summed E-state index contributed by atoms with van der Waals surface area (Å²) < 4.78 is 9.75. The third-order valence-electron chi connectivity index (χ3n) is 2.99. The molecule has 0 saturated heterocycles. The molecule has 0 saturated carbocycles. The van der Waals surface area contributed by atoms with E-state index in [9.17, 15) is 14.4 Å². The van der Waals surface area contributed by atoms with E-state index >= 15 is 0 Å². The van der Waals surface area contributed by atoms with Crippen LogP contribution in [0.4, 0.5) is 5.69 Å². The zero-order valence-corrected chi connectivity index (χ0v) is 13.7. The number of methoxy groups -OCH3 is 1. The predicted octanol–water partition coefficient (Wildman–Crippen LogP) is 1.34. The molecule has 7 nitrogen and oxygen atoms in total. The highest BCUT2D eigenvalue weighted by Gasteiger charge is 2.23. The lowest BCUT2D eigenvalue weighted by molar-refractivity contribution is -0.142. The van der Waals surface area contributed by atoms with Crippen molar-refractivity contribution in [1.29, 1.82) is 0 Å². The smallest absolute Gasteiger partial charge is 0.343 e. The minimum atomic E-state index is -0.632. The minimum Gasteiger partial charge on any atom is -0.482 e. The van der Waals surface area contributed by atoms with Crippen molar-refractivity contribution < 1.29 is 23.9 Å². The first kappa shape index (κ1) is 18.5. The molecular weight excluding hydrogens is 300 g/mol. The number of benzene rings is 1. The molecule has 0 heterocycles. The Labute approximate surface area is 135 Å². The highest BCUT2D eigenvalue weighted by Crippen LogP contribution is 2.18. The second-order valence-electron chi connectivity index (χ2n) is 5.30. The zero-order valence-electron chi connectivity index (χ0n) is 13.7. The number of carbonyl (C=O) groups excluding carboxylic acids is 3. The summed E-state index contributed by atoms with van der Waals surface area (Å²) in [7, 11) is 1.27. The maximum Gasteiger partial charge on any atom is 0.343 e. The second kappa shape index (κ2) is 8.77. The predicted molar refractivity (Wildman–Crippen MR) is 85.0 cm³/mol. The molecule has 7 heteroatoms. The van der Waals surface area contributed by atoms with Crippen LogP contribution in [0, 0.1) is 5.92 Å². The van der Waals surface area contributed by atoms with Crippen LogP contribution in [0.3, 0.4) is 0 Å². The van der Waals surface area contributed by atoms with Gasteiger partial charge in [-0.3, -0.25) is 9.59 Å². The van der Waals surface area contributed by atoms with Crippen LogP contribution in [0.5, 0.6) is 5.75 Å². The molecule has 23 heavy (non-hydrogen) atoms. The number of nitrogens with one attached hydrogen (secondary N) is 2. The summed E-state index contributed by atoms with van der Waals surface area (Å²) in [6.45, 7) is 4.84. The highest BCUT2D eigenvalue weighted by atomic mass is 16.6. The maximum absolute atomic E-state index is 12.3. The molecule has 1 atom stereocenters. The minimum absolute atomic E-state index is 0.0577. The van der Waals surface area contributed by atoms with Crippen LogP contribution >= 0.6 is 0 Å². The summed E-state index contributed by atoms with van der Waals surface area (Å²) in [5, 5.41) is 5.34. The van der Waals surface area contributed by atoms with Gasteiger partial charge in [0.05, 0.1) is 7.11 Å². The summed E-state index contributed by atoms with van der Waals surface area (Å²) >= 11 is 0. The molecule has 0 radical (unpaired) electrons. The largest absolute Gasteiger partial charge is 0.482 e. The molecule has 0 spiro atoms. The standard InChI is InChI=1S/C16H22N2O5/c1-10(2)15(17-11(3)19)16(21)18-12-6-5-7-13(8-12)23-9-14(20)22-4/h5-8,10,15H,9H2,1-4H3,(H,17,19)(H,18,21)/t15-/m1/s1. The summed E-state index contributed by atoms with van der Waals surface area (Å²) in [4.78, 5) is 34.5. The zero-order chi connectivity index (χ0) is 17.4. The number of amides is 2. The van der Waals surface area contributed by atoms with Crippen molar-refractivity contribution in [3.63, 3.8) is 0 Å². The van der Waals surface area contributed by atoms with Gasteiger partial charge in [-0.25, -0.2) is 4.79 Å². The molecule has 1 aromatic rings. The highest BCUT2D eigenvalue weighted by molar-refractivity contribution is 5.97. The molecular formula is C16H22N2O5. The Bertz CT molecular complexity index is 571. The molecule has 0 aliphatic heterocycles. The van der Waals surface area contributed by atoms with Gasteiger partial charge in [-0.1, -0.05) is 19.9 Å². The number of rotatable bonds is 7. The van der Waals surface area contributed by atoms with Crippen LogP contribution in [0.25, 0.3) is 0 Å². The van der Waals surface area contributed by atoms with Crippen molar-refractivity contribution in [1.82, 2.24) is 5.32 Å². The maximum atomic E-state index is 12.3. The Hall–Kier alpha value is -2.57. The molecule has 0 fully saturated rings. The molecule has 2 N–H and O–H groups in total. The topological polar surface area (TPSA) is 93.7 Å². The molecule has 126 valence electrons. The van der Waals surface area contributed by atoms with E-state index in [2.05, 4.69) is 15.4 Å². The Morgan fingerprint density at radius 2 is 1.91 bits per heavy atom. The van der Waals surface area contributed by atoms with Gasteiger partial charge in [-0.2, -0.15) is 0 Å². The van der Waals surface area contributed by atoms with Gasteiger partial charge in [0.1, 0.15) is 11.8 Å². The molecule has 0 aromatic heterocycles. The van der Waals surface area contributed by atoms with E-state index in [4.69, 9.17) is 4.74 Å². The number of hydrogen-bond donors (Lipinski definition) is 2. The fraction of sp³-hybridized carbons (Fsp3) is 0.438. The lowest BCUT2D eigenvalue weighted by Gasteiger charge is -2.21. The molecule has 0 aliphatic rings. The first-order valence-electron chi connectivity index (χ1n) is 7.21. The van der Waals surface area contributed by atoms with Crippen molar-refractivity contribution in [3.8, 4) is 5.75 Å². The van der Waals surface area contributed by atoms with Gasteiger partial charge in [0.25, 0.3) is 0 Å². The molecule has 0 aliphatic carbocycles. The van der Waals surface area contributed by atoms with E-state index in [1.54, 1.807) is 24.3 Å². The molecule has 1 aromatic carbocycles. The SMILES string of the molecule is COC(=O)COc1cccc(NC(=O)[C@H](NC(C)=O)C(C)C)c1. The lowest BCUT2D eigenvalue weighted by Crippen LogP contribution is -2.46. The van der Waals surface area contributed by atoms with Gasteiger partial charge in [-0.05, 0) is 18.1 Å². The number of carbonyl (C=O) groups is 3. The quantitative estimate of drug-likeness (QED) is 0.739. The van der Waals surface area contributed by atoms with Gasteiger partial charge in [0.2, 0.25) is 11.8 Å². The summed E-state index contributed by atoms with van der Waals surface area (Å²) in [6, 6.07) is 5.99. The van der Waals surface area contributed by atoms with Crippen molar-refractivity contribution in [2.24, 2.45) is 5.92 Å². The lowest BCUT2D eigenvalue weighted by atomic mass is 10.0. The fourth-order valence-corrected chi connectivity index (χ4v) is 1.84. The van der Waals surface area contributed by atoms with E-state index in [1.807, 2.05) is 13.8 Å². The van der Waals surface area contributed by atoms with Crippen LogP contribution in [0.2, 0.25) is 0 Å². The van der Waals surface area contributed by atoms with Crippen LogP contribution in [-0.4, -0.2) is 37.5 Å². The normalized spacial score (nSPS) is 11.5. The Morgan fingerprint density at radius 1 is 1.22 bits per heavy atom. The van der Waals surface area contributed by atoms with Gasteiger partial charge in [0.15, 0.2) is 6.61 Å². The monoisotopic (exact) mass is 322 g/mol. The molecule has 2 amide bonds. The number of esters is 1. The van der Waals surface area contributed by atoms with Crippen molar-refractivity contribution >= 4 is 23.5 Å². The summed E-state index contributed by atoms with van der Waals surface area (Å²) in [5.41, 5.74) is 0.508. The van der Waals surface area contributed by atoms with E-state index in [-0.39, 0.29) is 24.3 Å². The van der Waals surface area contributed by atoms with Crippen LogP contribution in [0.1, 0.15) is 20.8 Å². The van der Waals surface area contributed by atoms with E-state index in [0.29, 0.717) is 11.4 Å². The number of anilines is 1. The average Bonchev–Trinajstić information content (AvgIpc) is 2.50. The Kier molecular flexibility index (Phi) is 7.05. The first-order valence-corrected chi connectivity index (χ1v) is 7.21. The van der Waals surface area contributed by atoms with Crippen molar-refractivity contribution in [2.75, 3.05) is 19.0 Å². The molecule has 0 bridgehead atoms. The Morgan fingerprint density at radius 3 is 2.48 bits per heavy atom. The van der Waals surface area contributed by atoms with Gasteiger partial charge in [0, 0.05) is 18.7 Å². The molecule has 0 unspecified atom stereocenters. The van der Waals surface area contributed by atoms with Gasteiger partial charge >= 0.3 is 5.97 Å². The Balaban J connectivity index is 2.73. The fourth-order valence-electron chi connectivity index (χ4n) is 1.84. The van der Waals surface area contributed by atoms with Gasteiger partial charge < -0.3 is 20.1 Å². The van der Waals surface area contributed by atoms with Gasteiger partial charge in [-0.15, -0.1) is 0 Å².